The quantitative estimate of drug-likeness (QED) is 0.919. The van der Waals surface area contributed by atoms with Crippen LogP contribution in [0.2, 0.25) is 0 Å². The Balaban J connectivity index is 0.000000704. The molecule has 0 saturated carbocycles. The first-order valence-corrected chi connectivity index (χ1v) is 7.21. The molecule has 20 heavy (non-hydrogen) atoms. The average Bonchev–Trinajstić information content (AvgIpc) is 2.72. The number of carbonyl (C=O) groups is 1. The van der Waals surface area contributed by atoms with Crippen molar-refractivity contribution in [2.24, 2.45) is 5.41 Å². The first-order valence-electron chi connectivity index (χ1n) is 7.21. The molecule has 0 bridgehead atoms. The molecule has 1 N–H and O–H groups in total. The highest BCUT2D eigenvalue weighted by molar-refractivity contribution is 5.98. The van der Waals surface area contributed by atoms with Crippen molar-refractivity contribution < 1.29 is 14.6 Å². The first kappa shape index (κ1) is 15.0. The van der Waals surface area contributed by atoms with Gasteiger partial charge in [-0.05, 0) is 18.6 Å². The predicted molar refractivity (Wildman–Crippen MR) is 77.6 cm³/mol. The molecule has 0 atom stereocenters. The average molecular weight is 277 g/mol. The molecule has 2 aliphatic heterocycles. The van der Waals surface area contributed by atoms with E-state index < -0.39 is 0 Å². The highest BCUT2D eigenvalue weighted by Crippen LogP contribution is 2.32. The third kappa shape index (κ3) is 2.58. The van der Waals surface area contributed by atoms with Crippen molar-refractivity contribution in [3.8, 4) is 0 Å². The van der Waals surface area contributed by atoms with Gasteiger partial charge in [0.05, 0.1) is 25.2 Å². The SMILES string of the molecule is CC.Cc1ccc2c(c1)CN(CC1(CO)COC1)C2=O. The number of hydrogen-bond donors (Lipinski definition) is 1. The Morgan fingerprint density at radius 2 is 2.05 bits per heavy atom. The fourth-order valence-electron chi connectivity index (χ4n) is 2.67. The van der Waals surface area contributed by atoms with Gasteiger partial charge < -0.3 is 14.7 Å². The van der Waals surface area contributed by atoms with Crippen LogP contribution in [0.5, 0.6) is 0 Å². The van der Waals surface area contributed by atoms with E-state index in [1.165, 1.54) is 5.56 Å². The van der Waals surface area contributed by atoms with Gasteiger partial charge in [0, 0.05) is 18.7 Å². The molecule has 0 unspecified atom stereocenters. The molecule has 3 rings (SSSR count). The predicted octanol–water partition coefficient (Wildman–Crippen LogP) is 1.99. The minimum atomic E-state index is -0.243. The van der Waals surface area contributed by atoms with Crippen LogP contribution in [0.15, 0.2) is 18.2 Å². The van der Waals surface area contributed by atoms with Crippen LogP contribution in [-0.2, 0) is 11.3 Å². The Morgan fingerprint density at radius 1 is 1.35 bits per heavy atom. The summed E-state index contributed by atoms with van der Waals surface area (Å²) >= 11 is 0. The number of nitrogens with zero attached hydrogens (tertiary/aromatic N) is 1. The van der Waals surface area contributed by atoms with E-state index in [1.54, 1.807) is 0 Å². The maximum Gasteiger partial charge on any atom is 0.254 e. The fraction of sp³-hybridized carbons (Fsp3) is 0.562. The lowest BCUT2D eigenvalue weighted by atomic mass is 9.86. The Labute approximate surface area is 120 Å². The molecule has 4 heteroatoms. The van der Waals surface area contributed by atoms with Crippen molar-refractivity contribution in [2.75, 3.05) is 26.4 Å². The molecule has 1 aromatic rings. The lowest BCUT2D eigenvalue weighted by Gasteiger charge is -2.42. The number of carbonyl (C=O) groups excluding carboxylic acids is 1. The van der Waals surface area contributed by atoms with Crippen molar-refractivity contribution in [3.05, 3.63) is 34.9 Å². The second kappa shape index (κ2) is 5.94. The van der Waals surface area contributed by atoms with E-state index in [0.717, 1.165) is 11.1 Å². The van der Waals surface area contributed by atoms with Crippen LogP contribution in [0, 0.1) is 12.3 Å². The van der Waals surface area contributed by atoms with Crippen LogP contribution >= 0.6 is 0 Å². The maximum absolute atomic E-state index is 12.2. The summed E-state index contributed by atoms with van der Waals surface area (Å²) in [5.74, 6) is 0.0738. The van der Waals surface area contributed by atoms with Crippen molar-refractivity contribution in [1.82, 2.24) is 4.90 Å². The zero-order valence-corrected chi connectivity index (χ0v) is 12.5. The van der Waals surface area contributed by atoms with Crippen LogP contribution < -0.4 is 0 Å². The van der Waals surface area contributed by atoms with E-state index in [1.807, 2.05) is 37.8 Å². The third-order valence-electron chi connectivity index (χ3n) is 3.82. The van der Waals surface area contributed by atoms with E-state index in [2.05, 4.69) is 6.07 Å². The molecule has 1 amide bonds. The monoisotopic (exact) mass is 277 g/mol. The Bertz CT molecular complexity index is 489. The summed E-state index contributed by atoms with van der Waals surface area (Å²) in [4.78, 5) is 14.1. The van der Waals surface area contributed by atoms with Crippen LogP contribution in [-0.4, -0.2) is 42.3 Å². The number of ether oxygens (including phenoxy) is 1. The number of hydrogen-bond acceptors (Lipinski definition) is 3. The standard InChI is InChI=1S/C14H17NO3.C2H6/c1-10-2-3-12-11(4-10)5-15(13(12)17)6-14(7-16)8-18-9-14;1-2/h2-4,16H,5-9H2,1H3;1-2H3. The number of benzene rings is 1. The van der Waals surface area contributed by atoms with Gasteiger partial charge in [0.1, 0.15) is 0 Å². The second-order valence-corrected chi connectivity index (χ2v) is 5.47. The number of fused-ring (bicyclic) bond motifs is 1. The largest absolute Gasteiger partial charge is 0.396 e. The molecule has 1 aromatic carbocycles. The van der Waals surface area contributed by atoms with Gasteiger partial charge in [0.15, 0.2) is 0 Å². The molecule has 1 fully saturated rings. The molecular weight excluding hydrogens is 254 g/mol. The number of aliphatic hydroxyl groups is 1. The van der Waals surface area contributed by atoms with E-state index >= 15 is 0 Å². The number of rotatable bonds is 3. The lowest BCUT2D eigenvalue weighted by molar-refractivity contribution is -0.144. The van der Waals surface area contributed by atoms with E-state index in [0.29, 0.717) is 26.3 Å². The Morgan fingerprint density at radius 3 is 2.60 bits per heavy atom. The minimum Gasteiger partial charge on any atom is -0.396 e. The van der Waals surface area contributed by atoms with Gasteiger partial charge in [-0.25, -0.2) is 0 Å². The van der Waals surface area contributed by atoms with Crippen LogP contribution in [0.3, 0.4) is 0 Å². The van der Waals surface area contributed by atoms with E-state index in [4.69, 9.17) is 4.74 Å². The topological polar surface area (TPSA) is 49.8 Å². The van der Waals surface area contributed by atoms with Gasteiger partial charge in [-0.2, -0.15) is 0 Å². The van der Waals surface area contributed by atoms with Crippen LogP contribution in [0.25, 0.3) is 0 Å². The van der Waals surface area contributed by atoms with Gasteiger partial charge in [0.25, 0.3) is 5.91 Å². The van der Waals surface area contributed by atoms with Gasteiger partial charge in [0.2, 0.25) is 0 Å². The second-order valence-electron chi connectivity index (χ2n) is 5.47. The summed E-state index contributed by atoms with van der Waals surface area (Å²) < 4.78 is 5.17. The van der Waals surface area contributed by atoms with Crippen molar-refractivity contribution in [1.29, 1.82) is 0 Å². The van der Waals surface area contributed by atoms with Crippen LogP contribution in [0.1, 0.15) is 35.3 Å². The highest BCUT2D eigenvalue weighted by Gasteiger charge is 2.42. The zero-order chi connectivity index (χ0) is 14.8. The first-order chi connectivity index (χ1) is 9.63. The molecule has 1 saturated heterocycles. The van der Waals surface area contributed by atoms with E-state index in [9.17, 15) is 9.90 Å². The number of aliphatic hydroxyl groups excluding tert-OH is 1. The summed E-state index contributed by atoms with van der Waals surface area (Å²) in [5.41, 5.74) is 2.82. The summed E-state index contributed by atoms with van der Waals surface area (Å²) in [6, 6.07) is 5.93. The Kier molecular flexibility index (Phi) is 4.45. The summed E-state index contributed by atoms with van der Waals surface area (Å²) in [7, 11) is 0. The highest BCUT2D eigenvalue weighted by atomic mass is 16.5. The number of aryl methyl sites for hydroxylation is 1. The van der Waals surface area contributed by atoms with Crippen molar-refractivity contribution in [3.63, 3.8) is 0 Å². The van der Waals surface area contributed by atoms with Crippen molar-refractivity contribution in [2.45, 2.75) is 27.3 Å². The smallest absolute Gasteiger partial charge is 0.254 e. The molecule has 0 aromatic heterocycles. The minimum absolute atomic E-state index is 0.0738. The van der Waals surface area contributed by atoms with Gasteiger partial charge in [-0.3, -0.25) is 4.79 Å². The molecule has 4 nitrogen and oxygen atoms in total. The third-order valence-corrected chi connectivity index (χ3v) is 3.82. The molecule has 2 aliphatic rings. The summed E-state index contributed by atoms with van der Waals surface area (Å²) in [6.07, 6.45) is 0. The number of amides is 1. The molecule has 0 spiro atoms. The van der Waals surface area contributed by atoms with Gasteiger partial charge in [-0.1, -0.05) is 31.5 Å². The van der Waals surface area contributed by atoms with Gasteiger partial charge in [-0.15, -0.1) is 0 Å². The molecule has 0 aliphatic carbocycles. The normalized spacial score (nSPS) is 19.0. The maximum atomic E-state index is 12.2. The molecule has 2 heterocycles. The summed E-state index contributed by atoms with van der Waals surface area (Å²) in [5, 5.41) is 9.43. The Hall–Kier alpha value is -1.39. The molecule has 0 radical (unpaired) electrons. The summed E-state index contributed by atoms with van der Waals surface area (Å²) in [6.45, 7) is 8.42. The molecular formula is C16H23NO3. The molecule has 110 valence electrons. The van der Waals surface area contributed by atoms with Gasteiger partial charge >= 0.3 is 0 Å². The fourth-order valence-corrected chi connectivity index (χ4v) is 2.67. The van der Waals surface area contributed by atoms with E-state index in [-0.39, 0.29) is 17.9 Å². The zero-order valence-electron chi connectivity index (χ0n) is 12.5. The van der Waals surface area contributed by atoms with Crippen LogP contribution in [0.4, 0.5) is 0 Å². The van der Waals surface area contributed by atoms with Crippen molar-refractivity contribution >= 4 is 5.91 Å². The lowest BCUT2D eigenvalue weighted by Crippen LogP contribution is -2.53.